The molecule has 0 spiro atoms. The van der Waals surface area contributed by atoms with Crippen molar-refractivity contribution in [3.63, 3.8) is 0 Å². The number of H-pyrrole nitrogens is 1. The average Bonchev–Trinajstić information content (AvgIpc) is 2.88. The molecule has 1 amide bonds. The quantitative estimate of drug-likeness (QED) is 0.751. The van der Waals surface area contributed by atoms with Crippen LogP contribution in [0.25, 0.3) is 5.65 Å². The van der Waals surface area contributed by atoms with Gasteiger partial charge in [0.25, 0.3) is 0 Å². The van der Waals surface area contributed by atoms with E-state index in [1.807, 2.05) is 0 Å². The number of nitrogens with zero attached hydrogens (tertiary/aromatic N) is 4. The molecule has 1 fully saturated rings. The summed E-state index contributed by atoms with van der Waals surface area (Å²) >= 11 is 0. The molecule has 0 radical (unpaired) electrons. The van der Waals surface area contributed by atoms with Crippen molar-refractivity contribution in [1.82, 2.24) is 24.5 Å². The topological polar surface area (TPSA) is 95.4 Å². The third-order valence-corrected chi connectivity index (χ3v) is 3.32. The molecule has 3 heterocycles. The number of rotatable bonds is 2. The van der Waals surface area contributed by atoms with E-state index in [0.717, 1.165) is 13.0 Å². The standard InChI is InChI=1S/C11H14N6O2/c1-6-12-8(5-9-14-15-11(19)17(6)9)13-7-3-4-16(2)10(7)18/h5,7,13H,3-4H2,1-2H3,(H,15,19). The zero-order chi connectivity index (χ0) is 13.6. The predicted octanol–water partition coefficient (Wildman–Crippen LogP) is -0.631. The first-order valence-corrected chi connectivity index (χ1v) is 6.02. The van der Waals surface area contributed by atoms with Crippen molar-refractivity contribution in [3.8, 4) is 0 Å². The lowest BCUT2D eigenvalue weighted by Gasteiger charge is -2.13. The smallest absolute Gasteiger partial charge is 0.349 e. The molecule has 0 bridgehead atoms. The minimum Gasteiger partial charge on any atom is -0.358 e. The molecule has 1 aliphatic heterocycles. The number of carbonyl (C=O) groups is 1. The fourth-order valence-electron chi connectivity index (χ4n) is 2.31. The Morgan fingerprint density at radius 1 is 1.47 bits per heavy atom. The van der Waals surface area contributed by atoms with Crippen LogP contribution in [0.2, 0.25) is 0 Å². The van der Waals surface area contributed by atoms with Gasteiger partial charge in [-0.2, -0.15) is 5.10 Å². The van der Waals surface area contributed by atoms with Crippen molar-refractivity contribution in [2.24, 2.45) is 0 Å². The van der Waals surface area contributed by atoms with Gasteiger partial charge in [-0.15, -0.1) is 0 Å². The summed E-state index contributed by atoms with van der Waals surface area (Å²) in [5.74, 6) is 1.13. The number of likely N-dealkylation sites (N-methyl/N-ethyl adjacent to an activating group) is 1. The summed E-state index contributed by atoms with van der Waals surface area (Å²) in [5.41, 5.74) is 0.169. The van der Waals surface area contributed by atoms with Gasteiger partial charge in [0.2, 0.25) is 5.91 Å². The van der Waals surface area contributed by atoms with Crippen molar-refractivity contribution in [3.05, 3.63) is 22.4 Å². The maximum absolute atomic E-state index is 11.8. The number of carbonyl (C=O) groups excluding carboxylic acids is 1. The Hall–Kier alpha value is -2.38. The Balaban J connectivity index is 1.94. The Kier molecular flexibility index (Phi) is 2.51. The molecule has 3 rings (SSSR count). The van der Waals surface area contributed by atoms with Crippen molar-refractivity contribution in [2.75, 3.05) is 18.9 Å². The van der Waals surface area contributed by atoms with Crippen LogP contribution in [0.3, 0.4) is 0 Å². The largest absolute Gasteiger partial charge is 0.358 e. The number of aromatic nitrogens is 4. The number of amides is 1. The normalized spacial score (nSPS) is 19.4. The minimum absolute atomic E-state index is 0.0544. The number of anilines is 1. The van der Waals surface area contributed by atoms with Crippen LogP contribution < -0.4 is 11.0 Å². The first-order chi connectivity index (χ1) is 9.06. The summed E-state index contributed by atoms with van der Waals surface area (Å²) in [6.07, 6.45) is 0.745. The van der Waals surface area contributed by atoms with Gasteiger partial charge >= 0.3 is 5.69 Å². The Morgan fingerprint density at radius 2 is 2.26 bits per heavy atom. The molecule has 0 saturated carbocycles. The second-order valence-electron chi connectivity index (χ2n) is 4.66. The molecule has 8 heteroatoms. The summed E-state index contributed by atoms with van der Waals surface area (Å²) in [7, 11) is 1.78. The van der Waals surface area contributed by atoms with Gasteiger partial charge < -0.3 is 10.2 Å². The maximum Gasteiger partial charge on any atom is 0.349 e. The number of hydrogen-bond acceptors (Lipinski definition) is 5. The molecule has 2 N–H and O–H groups in total. The average molecular weight is 262 g/mol. The SMILES string of the molecule is Cc1nc(NC2CCN(C)C2=O)cc2n[nH]c(=O)n12. The van der Waals surface area contributed by atoms with Crippen molar-refractivity contribution < 1.29 is 4.79 Å². The second kappa shape index (κ2) is 4.08. The van der Waals surface area contributed by atoms with E-state index in [4.69, 9.17) is 0 Å². The summed E-state index contributed by atoms with van der Waals surface area (Å²) < 4.78 is 1.38. The lowest BCUT2D eigenvalue weighted by Crippen LogP contribution is -2.31. The van der Waals surface area contributed by atoms with Crippen LogP contribution in [-0.4, -0.2) is 50.0 Å². The Bertz CT molecular complexity index is 703. The van der Waals surface area contributed by atoms with E-state index in [-0.39, 0.29) is 17.6 Å². The third-order valence-electron chi connectivity index (χ3n) is 3.32. The molecular weight excluding hydrogens is 248 g/mol. The number of likely N-dealkylation sites (tertiary alicyclic amines) is 1. The first-order valence-electron chi connectivity index (χ1n) is 6.02. The number of aromatic amines is 1. The molecule has 1 saturated heterocycles. The van der Waals surface area contributed by atoms with Gasteiger partial charge in [-0.3, -0.25) is 4.79 Å². The summed E-state index contributed by atoms with van der Waals surface area (Å²) in [5, 5.41) is 9.36. The highest BCUT2D eigenvalue weighted by Crippen LogP contribution is 2.15. The minimum atomic E-state index is -0.316. The molecule has 1 aliphatic rings. The Morgan fingerprint density at radius 3 is 2.95 bits per heavy atom. The summed E-state index contributed by atoms with van der Waals surface area (Å²) in [6.45, 7) is 2.46. The fraction of sp³-hybridized carbons (Fsp3) is 0.455. The first kappa shape index (κ1) is 11.7. The number of hydrogen-bond donors (Lipinski definition) is 2. The van der Waals surface area contributed by atoms with Crippen LogP contribution >= 0.6 is 0 Å². The lowest BCUT2D eigenvalue weighted by molar-refractivity contribution is -0.127. The van der Waals surface area contributed by atoms with Crippen LogP contribution in [-0.2, 0) is 4.79 Å². The van der Waals surface area contributed by atoms with Gasteiger partial charge in [0, 0.05) is 19.7 Å². The van der Waals surface area contributed by atoms with Gasteiger partial charge in [-0.1, -0.05) is 0 Å². The van der Waals surface area contributed by atoms with Crippen LogP contribution in [0.15, 0.2) is 10.9 Å². The highest BCUT2D eigenvalue weighted by atomic mass is 16.2. The van der Waals surface area contributed by atoms with Gasteiger partial charge in [-0.25, -0.2) is 19.3 Å². The molecule has 0 aromatic carbocycles. The highest BCUT2D eigenvalue weighted by molar-refractivity contribution is 5.86. The summed E-state index contributed by atoms with van der Waals surface area (Å²) in [4.78, 5) is 29.3. The zero-order valence-electron chi connectivity index (χ0n) is 10.7. The fourth-order valence-corrected chi connectivity index (χ4v) is 2.31. The molecule has 19 heavy (non-hydrogen) atoms. The van der Waals surface area contributed by atoms with Crippen molar-refractivity contribution in [1.29, 1.82) is 0 Å². The van der Waals surface area contributed by atoms with Crippen molar-refractivity contribution in [2.45, 2.75) is 19.4 Å². The van der Waals surface area contributed by atoms with Crippen LogP contribution in [0, 0.1) is 6.92 Å². The van der Waals surface area contributed by atoms with E-state index < -0.39 is 0 Å². The predicted molar refractivity (Wildman–Crippen MR) is 68.0 cm³/mol. The van der Waals surface area contributed by atoms with E-state index in [0.29, 0.717) is 17.3 Å². The van der Waals surface area contributed by atoms with Gasteiger partial charge in [0.15, 0.2) is 5.65 Å². The maximum atomic E-state index is 11.8. The molecule has 0 aliphatic carbocycles. The van der Waals surface area contributed by atoms with Gasteiger partial charge in [0.1, 0.15) is 17.7 Å². The van der Waals surface area contributed by atoms with E-state index >= 15 is 0 Å². The van der Waals surface area contributed by atoms with E-state index in [2.05, 4.69) is 20.5 Å². The number of nitrogens with one attached hydrogen (secondary N) is 2. The molecular formula is C11H14N6O2. The second-order valence-corrected chi connectivity index (χ2v) is 4.66. The molecule has 100 valence electrons. The number of aryl methyl sites for hydroxylation is 1. The highest BCUT2D eigenvalue weighted by Gasteiger charge is 2.29. The molecule has 2 aromatic heterocycles. The van der Waals surface area contributed by atoms with Gasteiger partial charge in [0.05, 0.1) is 0 Å². The van der Waals surface area contributed by atoms with Crippen molar-refractivity contribution >= 4 is 17.4 Å². The summed E-state index contributed by atoms with van der Waals surface area (Å²) in [6, 6.07) is 1.39. The Labute approximate surface area is 108 Å². The van der Waals surface area contributed by atoms with E-state index in [9.17, 15) is 9.59 Å². The van der Waals surface area contributed by atoms with Crippen LogP contribution in [0.5, 0.6) is 0 Å². The van der Waals surface area contributed by atoms with E-state index in [1.54, 1.807) is 24.9 Å². The molecule has 8 nitrogen and oxygen atoms in total. The monoisotopic (exact) mass is 262 g/mol. The van der Waals surface area contributed by atoms with E-state index in [1.165, 1.54) is 4.40 Å². The number of fused-ring (bicyclic) bond motifs is 1. The molecule has 1 atom stereocenters. The lowest BCUT2D eigenvalue weighted by atomic mass is 10.2. The van der Waals surface area contributed by atoms with Crippen LogP contribution in [0.1, 0.15) is 12.2 Å². The third kappa shape index (κ3) is 1.85. The zero-order valence-corrected chi connectivity index (χ0v) is 10.7. The van der Waals surface area contributed by atoms with Crippen LogP contribution in [0.4, 0.5) is 5.82 Å². The van der Waals surface area contributed by atoms with Gasteiger partial charge in [-0.05, 0) is 13.3 Å². The molecule has 1 unspecified atom stereocenters. The molecule has 2 aromatic rings.